The molecule has 0 spiro atoms. The van der Waals surface area contributed by atoms with E-state index in [4.69, 9.17) is 37.8 Å². The summed E-state index contributed by atoms with van der Waals surface area (Å²) >= 11 is 12.4. The van der Waals surface area contributed by atoms with Crippen molar-refractivity contribution in [3.63, 3.8) is 0 Å². The smallest absolute Gasteiger partial charge is 0.335 e. The summed E-state index contributed by atoms with van der Waals surface area (Å²) in [6, 6.07) is 16.0. The Balaban J connectivity index is 1.71. The summed E-state index contributed by atoms with van der Waals surface area (Å²) in [6.45, 7) is 2.68. The van der Waals surface area contributed by atoms with Crippen LogP contribution in [0.25, 0.3) is 0 Å². The third-order valence-corrected chi connectivity index (χ3v) is 5.07. The number of carboxylic acids is 1. The predicted molar refractivity (Wildman–Crippen MR) is 119 cm³/mol. The molecular weight excluding hydrogens is 425 g/mol. The third kappa shape index (κ3) is 5.38. The monoisotopic (exact) mass is 445 g/mol. The molecule has 0 amide bonds. The van der Waals surface area contributed by atoms with Crippen molar-refractivity contribution >= 4 is 34.9 Å². The second kappa shape index (κ2) is 9.74. The molecule has 2 N–H and O–H groups in total. The van der Waals surface area contributed by atoms with E-state index in [1.807, 2.05) is 31.2 Å². The largest absolute Gasteiger partial charge is 0.493 e. The van der Waals surface area contributed by atoms with Crippen LogP contribution in [0.5, 0.6) is 11.5 Å². The fourth-order valence-corrected chi connectivity index (χ4v) is 3.36. The lowest BCUT2D eigenvalue weighted by Crippen LogP contribution is -2.04. The summed E-state index contributed by atoms with van der Waals surface area (Å²) in [7, 11) is 1.56. The first-order chi connectivity index (χ1) is 14.4. The van der Waals surface area contributed by atoms with Crippen molar-refractivity contribution in [1.82, 2.24) is 0 Å². The molecule has 0 radical (unpaired) electrons. The van der Waals surface area contributed by atoms with Gasteiger partial charge in [0, 0.05) is 17.3 Å². The summed E-state index contributed by atoms with van der Waals surface area (Å²) in [6.07, 6.45) is 0. The molecule has 0 heterocycles. The summed E-state index contributed by atoms with van der Waals surface area (Å²) < 4.78 is 11.3. The topological polar surface area (TPSA) is 67.8 Å². The van der Waals surface area contributed by atoms with Crippen LogP contribution in [0.2, 0.25) is 10.0 Å². The maximum atomic E-state index is 11.1. The van der Waals surface area contributed by atoms with Crippen LogP contribution < -0.4 is 14.8 Å². The number of aromatic carboxylic acids is 1. The molecule has 0 aliphatic carbocycles. The number of benzene rings is 3. The fraction of sp³-hybridized carbons (Fsp3) is 0.174. The molecule has 0 aliphatic heterocycles. The Morgan fingerprint density at radius 1 is 1.03 bits per heavy atom. The van der Waals surface area contributed by atoms with Crippen molar-refractivity contribution in [2.24, 2.45) is 0 Å². The molecule has 0 atom stereocenters. The number of hydrogen-bond donors (Lipinski definition) is 2. The molecular formula is C23H21Cl2NO4. The van der Waals surface area contributed by atoms with Crippen molar-refractivity contribution in [1.29, 1.82) is 0 Å². The van der Waals surface area contributed by atoms with E-state index >= 15 is 0 Å². The Labute approximate surface area is 185 Å². The number of carbonyl (C=O) groups is 1. The number of halogens is 2. The molecule has 5 nitrogen and oxygen atoms in total. The highest BCUT2D eigenvalue weighted by Crippen LogP contribution is 2.37. The molecule has 0 fully saturated rings. The van der Waals surface area contributed by atoms with Gasteiger partial charge in [0.2, 0.25) is 0 Å². The van der Waals surface area contributed by atoms with Gasteiger partial charge in [-0.25, -0.2) is 4.79 Å². The van der Waals surface area contributed by atoms with Gasteiger partial charge < -0.3 is 19.9 Å². The van der Waals surface area contributed by atoms with E-state index < -0.39 is 5.97 Å². The number of methoxy groups -OCH3 is 1. The van der Waals surface area contributed by atoms with E-state index in [1.165, 1.54) is 0 Å². The van der Waals surface area contributed by atoms with E-state index in [1.54, 1.807) is 37.4 Å². The highest BCUT2D eigenvalue weighted by molar-refractivity contribution is 6.32. The second-order valence-electron chi connectivity index (χ2n) is 6.71. The normalized spacial score (nSPS) is 10.5. The molecule has 3 rings (SSSR count). The van der Waals surface area contributed by atoms with Gasteiger partial charge in [-0.3, -0.25) is 0 Å². The Hall–Kier alpha value is -2.89. The average molecular weight is 446 g/mol. The number of nitrogens with one attached hydrogen (secondary N) is 1. The molecule has 0 aromatic heterocycles. The van der Waals surface area contributed by atoms with Crippen LogP contribution in [0, 0.1) is 6.92 Å². The maximum Gasteiger partial charge on any atom is 0.335 e. The lowest BCUT2D eigenvalue weighted by Gasteiger charge is -2.16. The Morgan fingerprint density at radius 3 is 2.40 bits per heavy atom. The molecule has 0 bridgehead atoms. The van der Waals surface area contributed by atoms with Crippen LogP contribution in [0.4, 0.5) is 5.69 Å². The molecule has 3 aromatic carbocycles. The van der Waals surface area contributed by atoms with Crippen molar-refractivity contribution in [2.75, 3.05) is 12.4 Å². The van der Waals surface area contributed by atoms with E-state index in [2.05, 4.69) is 5.32 Å². The Morgan fingerprint density at radius 2 is 1.77 bits per heavy atom. The number of carboxylic acid groups (broad SMARTS) is 1. The van der Waals surface area contributed by atoms with Gasteiger partial charge in [0.05, 0.1) is 17.7 Å². The Bertz CT molecular complexity index is 1050. The van der Waals surface area contributed by atoms with Crippen LogP contribution in [0.3, 0.4) is 0 Å². The molecule has 7 heteroatoms. The van der Waals surface area contributed by atoms with E-state index in [0.29, 0.717) is 34.7 Å². The van der Waals surface area contributed by atoms with Gasteiger partial charge in [-0.1, -0.05) is 35.3 Å². The molecule has 0 saturated heterocycles. The number of aryl methyl sites for hydroxylation is 1. The molecule has 0 saturated carbocycles. The van der Waals surface area contributed by atoms with Gasteiger partial charge in [0.25, 0.3) is 0 Å². The standard InChI is InChI=1S/C23H21Cl2NO4/c1-14-9-17(23(27)28)5-8-20(14)26-12-16-10-19(25)22(21(11-16)29-2)30-13-15-3-6-18(24)7-4-15/h3-11,26H,12-13H2,1-2H3,(H,27,28). The second-order valence-corrected chi connectivity index (χ2v) is 7.56. The number of anilines is 1. The lowest BCUT2D eigenvalue weighted by atomic mass is 10.1. The zero-order valence-corrected chi connectivity index (χ0v) is 18.1. The van der Waals surface area contributed by atoms with Gasteiger partial charge >= 0.3 is 5.97 Å². The van der Waals surface area contributed by atoms with E-state index in [-0.39, 0.29) is 5.56 Å². The average Bonchev–Trinajstić information content (AvgIpc) is 2.72. The molecule has 156 valence electrons. The van der Waals surface area contributed by atoms with Crippen LogP contribution in [-0.4, -0.2) is 18.2 Å². The summed E-state index contributed by atoms with van der Waals surface area (Å²) in [5.74, 6) is 0.0569. The number of hydrogen-bond acceptors (Lipinski definition) is 4. The first-order valence-corrected chi connectivity index (χ1v) is 9.94. The maximum absolute atomic E-state index is 11.1. The van der Waals surface area contributed by atoms with Crippen molar-refractivity contribution < 1.29 is 19.4 Å². The summed E-state index contributed by atoms with van der Waals surface area (Å²) in [5, 5.41) is 13.5. The Kier molecular flexibility index (Phi) is 7.08. The van der Waals surface area contributed by atoms with Crippen LogP contribution in [-0.2, 0) is 13.2 Å². The quantitative estimate of drug-likeness (QED) is 0.431. The van der Waals surface area contributed by atoms with Gasteiger partial charge in [-0.05, 0) is 66.1 Å². The minimum Gasteiger partial charge on any atom is -0.493 e. The zero-order valence-electron chi connectivity index (χ0n) is 16.5. The minimum atomic E-state index is -0.949. The van der Waals surface area contributed by atoms with Crippen molar-refractivity contribution in [3.05, 3.63) is 86.9 Å². The summed E-state index contributed by atoms with van der Waals surface area (Å²) in [4.78, 5) is 11.1. The van der Waals surface area contributed by atoms with E-state index in [9.17, 15) is 4.79 Å². The highest BCUT2D eigenvalue weighted by Gasteiger charge is 2.13. The van der Waals surface area contributed by atoms with Crippen molar-refractivity contribution in [3.8, 4) is 11.5 Å². The first-order valence-electron chi connectivity index (χ1n) is 9.19. The van der Waals surface area contributed by atoms with E-state index in [0.717, 1.165) is 22.4 Å². The van der Waals surface area contributed by atoms with Gasteiger partial charge in [-0.15, -0.1) is 0 Å². The fourth-order valence-electron chi connectivity index (χ4n) is 2.94. The van der Waals surface area contributed by atoms with Crippen LogP contribution in [0.1, 0.15) is 27.0 Å². The molecule has 3 aromatic rings. The van der Waals surface area contributed by atoms with Gasteiger partial charge in [0.1, 0.15) is 6.61 Å². The lowest BCUT2D eigenvalue weighted by molar-refractivity contribution is 0.0697. The SMILES string of the molecule is COc1cc(CNc2ccc(C(=O)O)cc2C)cc(Cl)c1OCc1ccc(Cl)cc1. The highest BCUT2D eigenvalue weighted by atomic mass is 35.5. The predicted octanol–water partition coefficient (Wildman–Crippen LogP) is 6.20. The van der Waals surface area contributed by atoms with Crippen LogP contribution in [0.15, 0.2) is 54.6 Å². The first kappa shape index (κ1) is 21.8. The molecule has 0 aliphatic rings. The van der Waals surface area contributed by atoms with Gasteiger partial charge in [-0.2, -0.15) is 0 Å². The van der Waals surface area contributed by atoms with Gasteiger partial charge in [0.15, 0.2) is 11.5 Å². The molecule has 0 unspecified atom stereocenters. The third-order valence-electron chi connectivity index (χ3n) is 4.54. The molecule has 30 heavy (non-hydrogen) atoms. The summed E-state index contributed by atoms with van der Waals surface area (Å²) in [5.41, 5.74) is 3.81. The zero-order chi connectivity index (χ0) is 21.7. The minimum absolute atomic E-state index is 0.255. The number of rotatable bonds is 8. The van der Waals surface area contributed by atoms with Crippen LogP contribution >= 0.6 is 23.2 Å². The van der Waals surface area contributed by atoms with Crippen molar-refractivity contribution in [2.45, 2.75) is 20.1 Å². The number of ether oxygens (including phenoxy) is 2.